The number of nitrogens with one attached hydrogen (secondary N) is 2. The lowest BCUT2D eigenvalue weighted by atomic mass is 10.1. The molecule has 2 aromatic carbocycles. The average Bonchev–Trinajstić information content (AvgIpc) is 2.56. The normalized spacial score (nSPS) is 10.4. The number of anilines is 2. The lowest BCUT2D eigenvalue weighted by molar-refractivity contribution is -0.131. The summed E-state index contributed by atoms with van der Waals surface area (Å²) >= 11 is 0. The maximum atomic E-state index is 12.1. The third-order valence-corrected chi connectivity index (χ3v) is 3.16. The van der Waals surface area contributed by atoms with Crippen LogP contribution in [0.25, 0.3) is 0 Å². The molecule has 0 fully saturated rings. The number of carboxylic acid groups (broad SMARTS) is 1. The first-order valence-corrected chi connectivity index (χ1v) is 7.15. The van der Waals surface area contributed by atoms with Crippen molar-refractivity contribution in [2.24, 2.45) is 0 Å². The number of rotatable bonds is 5. The molecule has 0 spiro atoms. The van der Waals surface area contributed by atoms with E-state index in [1.807, 2.05) is 6.07 Å². The van der Waals surface area contributed by atoms with Gasteiger partial charge in [0.1, 0.15) is 0 Å². The molecule has 2 aromatic rings. The van der Waals surface area contributed by atoms with Crippen LogP contribution >= 0.6 is 0 Å². The fourth-order valence-corrected chi connectivity index (χ4v) is 2.00. The van der Waals surface area contributed by atoms with Crippen LogP contribution in [0.5, 0.6) is 0 Å². The van der Waals surface area contributed by atoms with Crippen molar-refractivity contribution < 1.29 is 19.5 Å². The number of hydrogen-bond donors (Lipinski definition) is 3. The molecule has 0 atom stereocenters. The Morgan fingerprint density at radius 2 is 1.67 bits per heavy atom. The van der Waals surface area contributed by atoms with Gasteiger partial charge in [-0.1, -0.05) is 18.2 Å². The van der Waals surface area contributed by atoms with Crippen molar-refractivity contribution in [1.82, 2.24) is 0 Å². The van der Waals surface area contributed by atoms with Gasteiger partial charge in [-0.3, -0.25) is 9.59 Å². The van der Waals surface area contributed by atoms with E-state index in [9.17, 15) is 14.4 Å². The quantitative estimate of drug-likeness (QED) is 0.737. The lowest BCUT2D eigenvalue weighted by Gasteiger charge is -2.10. The van der Waals surface area contributed by atoms with Crippen LogP contribution in [0, 0.1) is 6.92 Å². The van der Waals surface area contributed by atoms with Gasteiger partial charge in [0.2, 0.25) is 5.91 Å². The molecule has 6 heteroatoms. The van der Waals surface area contributed by atoms with Crippen molar-refractivity contribution in [1.29, 1.82) is 0 Å². The summed E-state index contributed by atoms with van der Waals surface area (Å²) < 4.78 is 0. The second-order valence-corrected chi connectivity index (χ2v) is 5.01. The van der Waals surface area contributed by atoms with Gasteiger partial charge in [0.25, 0.3) is 5.91 Å². The second-order valence-electron chi connectivity index (χ2n) is 5.01. The van der Waals surface area contributed by atoms with Gasteiger partial charge in [-0.25, -0.2) is 4.79 Å². The second kappa shape index (κ2) is 7.73. The fourth-order valence-electron chi connectivity index (χ4n) is 2.00. The number of aliphatic carboxylic acids is 1. The summed E-state index contributed by atoms with van der Waals surface area (Å²) in [4.78, 5) is 34.0. The maximum absolute atomic E-state index is 12.1. The molecule has 6 nitrogen and oxygen atoms in total. The van der Waals surface area contributed by atoms with Crippen LogP contribution in [0.2, 0.25) is 0 Å². The maximum Gasteiger partial charge on any atom is 0.328 e. The molecule has 2 rings (SSSR count). The topological polar surface area (TPSA) is 95.5 Å². The first-order chi connectivity index (χ1) is 11.5. The summed E-state index contributed by atoms with van der Waals surface area (Å²) in [6, 6.07) is 13.8. The highest BCUT2D eigenvalue weighted by Crippen LogP contribution is 2.20. The first-order valence-electron chi connectivity index (χ1n) is 7.15. The summed E-state index contributed by atoms with van der Waals surface area (Å²) in [5.41, 5.74) is 2.44. The Bertz CT molecular complexity index is 798. The highest BCUT2D eigenvalue weighted by molar-refractivity contribution is 6.05. The highest BCUT2D eigenvalue weighted by atomic mass is 16.4. The lowest BCUT2D eigenvalue weighted by Crippen LogP contribution is -2.13. The largest absolute Gasteiger partial charge is 0.478 e. The minimum atomic E-state index is -1.19. The molecule has 0 saturated heterocycles. The van der Waals surface area contributed by atoms with Crippen LogP contribution in [0.15, 0.2) is 60.7 Å². The summed E-state index contributed by atoms with van der Waals surface area (Å²) in [6.07, 6.45) is 1.69. The highest BCUT2D eigenvalue weighted by Gasteiger charge is 2.08. The number of carboxylic acids is 1. The van der Waals surface area contributed by atoms with Gasteiger partial charge < -0.3 is 15.7 Å². The summed E-state index contributed by atoms with van der Waals surface area (Å²) in [5.74, 6) is -1.96. The molecule has 0 heterocycles. The fraction of sp³-hybridized carbons (Fsp3) is 0.0556. The van der Waals surface area contributed by atoms with Crippen molar-refractivity contribution in [2.45, 2.75) is 6.92 Å². The Morgan fingerprint density at radius 1 is 0.958 bits per heavy atom. The SMILES string of the molecule is Cc1cc(NC(=O)/C=C/C(=O)O)ccc1NC(=O)c1ccccc1. The van der Waals surface area contributed by atoms with Crippen LogP contribution in [0.1, 0.15) is 15.9 Å². The number of benzene rings is 2. The summed E-state index contributed by atoms with van der Waals surface area (Å²) in [5, 5.41) is 13.8. The smallest absolute Gasteiger partial charge is 0.328 e. The van der Waals surface area contributed by atoms with E-state index in [0.717, 1.165) is 17.7 Å². The molecule has 0 aromatic heterocycles. The molecule has 0 radical (unpaired) electrons. The first kappa shape index (κ1) is 17.0. The van der Waals surface area contributed by atoms with Gasteiger partial charge >= 0.3 is 5.97 Å². The molecule has 0 aliphatic carbocycles. The monoisotopic (exact) mass is 324 g/mol. The van der Waals surface area contributed by atoms with Gasteiger partial charge in [0.15, 0.2) is 0 Å². The van der Waals surface area contributed by atoms with E-state index in [0.29, 0.717) is 16.9 Å². The molecular formula is C18H16N2O4. The van der Waals surface area contributed by atoms with Gasteiger partial charge in [0.05, 0.1) is 0 Å². The molecule has 3 N–H and O–H groups in total. The van der Waals surface area contributed by atoms with E-state index < -0.39 is 11.9 Å². The van der Waals surface area contributed by atoms with Gasteiger partial charge in [-0.2, -0.15) is 0 Å². The molecular weight excluding hydrogens is 308 g/mol. The van der Waals surface area contributed by atoms with E-state index in [-0.39, 0.29) is 5.91 Å². The van der Waals surface area contributed by atoms with Crippen molar-refractivity contribution in [2.75, 3.05) is 10.6 Å². The number of amides is 2. The summed E-state index contributed by atoms with van der Waals surface area (Å²) in [7, 11) is 0. The molecule has 0 unspecified atom stereocenters. The van der Waals surface area contributed by atoms with Crippen LogP contribution in [0.3, 0.4) is 0 Å². The van der Waals surface area contributed by atoms with E-state index in [2.05, 4.69) is 10.6 Å². The molecule has 0 saturated carbocycles. The Balaban J connectivity index is 2.06. The zero-order chi connectivity index (χ0) is 17.5. The minimum absolute atomic E-state index is 0.222. The van der Waals surface area contributed by atoms with Crippen molar-refractivity contribution in [3.8, 4) is 0 Å². The van der Waals surface area contributed by atoms with Crippen LogP contribution < -0.4 is 10.6 Å². The predicted molar refractivity (Wildman–Crippen MR) is 91.0 cm³/mol. The summed E-state index contributed by atoms with van der Waals surface area (Å²) in [6.45, 7) is 1.79. The van der Waals surface area contributed by atoms with Crippen LogP contribution in [0.4, 0.5) is 11.4 Å². The van der Waals surface area contributed by atoms with E-state index >= 15 is 0 Å². The Hall–Kier alpha value is -3.41. The molecule has 0 aliphatic rings. The number of aryl methyl sites for hydroxylation is 1. The molecule has 24 heavy (non-hydrogen) atoms. The van der Waals surface area contributed by atoms with Crippen LogP contribution in [-0.4, -0.2) is 22.9 Å². The zero-order valence-electron chi connectivity index (χ0n) is 12.9. The Kier molecular flexibility index (Phi) is 5.46. The Morgan fingerprint density at radius 3 is 2.29 bits per heavy atom. The third kappa shape index (κ3) is 4.81. The molecule has 122 valence electrons. The minimum Gasteiger partial charge on any atom is -0.478 e. The molecule has 0 bridgehead atoms. The van der Waals surface area contributed by atoms with E-state index in [1.54, 1.807) is 49.4 Å². The van der Waals surface area contributed by atoms with Crippen LogP contribution in [-0.2, 0) is 9.59 Å². The zero-order valence-corrected chi connectivity index (χ0v) is 12.9. The number of carbonyl (C=O) groups is 3. The molecule has 2 amide bonds. The Labute approximate surface area is 138 Å². The number of carbonyl (C=O) groups excluding carboxylic acids is 2. The van der Waals surface area contributed by atoms with Crippen molar-refractivity contribution in [3.05, 3.63) is 71.8 Å². The standard InChI is InChI=1S/C18H16N2O4/c1-12-11-14(19-16(21)9-10-17(22)23)7-8-15(12)20-18(24)13-5-3-2-4-6-13/h2-11H,1H3,(H,19,21)(H,20,24)(H,22,23)/b10-9+. The van der Waals surface area contributed by atoms with Crippen molar-refractivity contribution >= 4 is 29.2 Å². The van der Waals surface area contributed by atoms with Gasteiger partial charge in [-0.05, 0) is 42.8 Å². The van der Waals surface area contributed by atoms with Crippen molar-refractivity contribution in [3.63, 3.8) is 0 Å². The number of hydrogen-bond acceptors (Lipinski definition) is 3. The van der Waals surface area contributed by atoms with Gasteiger partial charge in [0, 0.05) is 29.1 Å². The molecule has 0 aliphatic heterocycles. The average molecular weight is 324 g/mol. The third-order valence-electron chi connectivity index (χ3n) is 3.16. The van der Waals surface area contributed by atoms with E-state index in [1.165, 1.54) is 0 Å². The van der Waals surface area contributed by atoms with E-state index in [4.69, 9.17) is 5.11 Å². The predicted octanol–water partition coefficient (Wildman–Crippen LogP) is 2.83. The van der Waals surface area contributed by atoms with Gasteiger partial charge in [-0.15, -0.1) is 0 Å².